The van der Waals surface area contributed by atoms with Gasteiger partial charge in [-0.1, -0.05) is 12.1 Å². The summed E-state index contributed by atoms with van der Waals surface area (Å²) in [6.07, 6.45) is -0.379. The Labute approximate surface area is 92.3 Å². The summed E-state index contributed by atoms with van der Waals surface area (Å²) in [6, 6.07) is 4.36. The lowest BCUT2D eigenvalue weighted by Gasteiger charge is -2.22. The van der Waals surface area contributed by atoms with Crippen LogP contribution in [0, 0.1) is 20.8 Å². The van der Waals surface area contributed by atoms with Gasteiger partial charge in [-0.2, -0.15) is 0 Å². The first kappa shape index (κ1) is 12.2. The van der Waals surface area contributed by atoms with Gasteiger partial charge in [-0.15, -0.1) is 0 Å². The van der Waals surface area contributed by atoms with Crippen molar-refractivity contribution in [2.45, 2.75) is 39.8 Å². The summed E-state index contributed by atoms with van der Waals surface area (Å²) in [4.78, 5) is 0. The van der Waals surface area contributed by atoms with Gasteiger partial charge in [0.1, 0.15) is 0 Å². The standard InChI is InChI=1S/C13H21NO/c1-8-6-10(3)12(7-9(8)2)13(14-5)11(4)15/h6-7,11,13-15H,1-5H3. The van der Waals surface area contributed by atoms with Crippen LogP contribution in [0.3, 0.4) is 0 Å². The number of aryl methyl sites for hydroxylation is 3. The Bertz CT molecular complexity index is 345. The zero-order valence-corrected chi connectivity index (χ0v) is 10.3. The molecule has 2 nitrogen and oxygen atoms in total. The minimum Gasteiger partial charge on any atom is -0.391 e. The van der Waals surface area contributed by atoms with Crippen molar-refractivity contribution < 1.29 is 5.11 Å². The van der Waals surface area contributed by atoms with Crippen molar-refractivity contribution in [1.82, 2.24) is 5.32 Å². The third kappa shape index (κ3) is 2.58. The number of rotatable bonds is 3. The van der Waals surface area contributed by atoms with Crippen molar-refractivity contribution in [3.05, 3.63) is 34.4 Å². The van der Waals surface area contributed by atoms with Gasteiger partial charge in [0.05, 0.1) is 12.1 Å². The van der Waals surface area contributed by atoms with Crippen molar-refractivity contribution in [2.24, 2.45) is 0 Å². The molecule has 15 heavy (non-hydrogen) atoms. The maximum atomic E-state index is 9.69. The van der Waals surface area contributed by atoms with Gasteiger partial charge >= 0.3 is 0 Å². The van der Waals surface area contributed by atoms with Gasteiger partial charge in [-0.05, 0) is 57.0 Å². The highest BCUT2D eigenvalue weighted by Gasteiger charge is 2.17. The third-order valence-electron chi connectivity index (χ3n) is 3.01. The lowest BCUT2D eigenvalue weighted by atomic mass is 9.93. The van der Waals surface area contributed by atoms with E-state index in [2.05, 4.69) is 38.2 Å². The van der Waals surface area contributed by atoms with Crippen molar-refractivity contribution in [3.63, 3.8) is 0 Å². The van der Waals surface area contributed by atoms with Gasteiger partial charge in [0.2, 0.25) is 0 Å². The van der Waals surface area contributed by atoms with Crippen LogP contribution in [0.4, 0.5) is 0 Å². The Hall–Kier alpha value is -0.860. The molecule has 2 unspecified atom stereocenters. The molecule has 0 aliphatic carbocycles. The number of likely N-dealkylation sites (N-methyl/N-ethyl adjacent to an activating group) is 1. The van der Waals surface area contributed by atoms with Crippen LogP contribution in [-0.4, -0.2) is 18.3 Å². The number of nitrogens with one attached hydrogen (secondary N) is 1. The number of aliphatic hydroxyl groups excluding tert-OH is 1. The monoisotopic (exact) mass is 207 g/mol. The second kappa shape index (κ2) is 4.77. The summed E-state index contributed by atoms with van der Waals surface area (Å²) < 4.78 is 0. The summed E-state index contributed by atoms with van der Waals surface area (Å²) in [5, 5.41) is 12.8. The van der Waals surface area contributed by atoms with Gasteiger partial charge < -0.3 is 10.4 Å². The molecule has 2 N–H and O–H groups in total. The molecule has 1 aromatic carbocycles. The minimum atomic E-state index is -0.379. The average molecular weight is 207 g/mol. The van der Waals surface area contributed by atoms with Crippen LogP contribution < -0.4 is 5.32 Å². The van der Waals surface area contributed by atoms with E-state index in [1.165, 1.54) is 22.3 Å². The average Bonchev–Trinajstić information content (AvgIpc) is 2.14. The van der Waals surface area contributed by atoms with Gasteiger partial charge in [0, 0.05) is 0 Å². The molecule has 0 aliphatic rings. The van der Waals surface area contributed by atoms with Crippen LogP contribution in [0.5, 0.6) is 0 Å². The molecule has 0 aliphatic heterocycles. The number of aliphatic hydroxyl groups is 1. The first-order chi connectivity index (χ1) is 6.97. The largest absolute Gasteiger partial charge is 0.391 e. The Balaban J connectivity index is 3.18. The molecule has 2 heteroatoms. The number of benzene rings is 1. The molecule has 0 heterocycles. The van der Waals surface area contributed by atoms with Crippen molar-refractivity contribution in [1.29, 1.82) is 0 Å². The number of hydrogen-bond acceptors (Lipinski definition) is 2. The van der Waals surface area contributed by atoms with E-state index < -0.39 is 0 Å². The van der Waals surface area contributed by atoms with Crippen LogP contribution in [0.15, 0.2) is 12.1 Å². The van der Waals surface area contributed by atoms with Gasteiger partial charge in [-0.3, -0.25) is 0 Å². The quantitative estimate of drug-likeness (QED) is 0.797. The van der Waals surface area contributed by atoms with E-state index in [4.69, 9.17) is 0 Å². The molecular formula is C13H21NO. The fourth-order valence-corrected chi connectivity index (χ4v) is 1.97. The van der Waals surface area contributed by atoms with E-state index in [0.29, 0.717) is 0 Å². The molecule has 0 saturated carbocycles. The third-order valence-corrected chi connectivity index (χ3v) is 3.01. The summed E-state index contributed by atoms with van der Waals surface area (Å²) in [5.74, 6) is 0. The molecule has 0 aromatic heterocycles. The maximum absolute atomic E-state index is 9.69. The molecule has 0 radical (unpaired) electrons. The highest BCUT2D eigenvalue weighted by molar-refractivity contribution is 5.38. The topological polar surface area (TPSA) is 32.3 Å². The summed E-state index contributed by atoms with van der Waals surface area (Å²) in [7, 11) is 1.88. The zero-order valence-electron chi connectivity index (χ0n) is 10.3. The van der Waals surface area contributed by atoms with Crippen LogP contribution >= 0.6 is 0 Å². The number of hydrogen-bond donors (Lipinski definition) is 2. The lowest BCUT2D eigenvalue weighted by Crippen LogP contribution is -2.27. The smallest absolute Gasteiger partial charge is 0.0706 e. The van der Waals surface area contributed by atoms with E-state index >= 15 is 0 Å². The summed E-state index contributed by atoms with van der Waals surface area (Å²) >= 11 is 0. The first-order valence-corrected chi connectivity index (χ1v) is 5.40. The molecule has 2 atom stereocenters. The molecule has 84 valence electrons. The zero-order chi connectivity index (χ0) is 11.6. The highest BCUT2D eigenvalue weighted by atomic mass is 16.3. The van der Waals surface area contributed by atoms with Gasteiger partial charge in [0.25, 0.3) is 0 Å². The molecule has 0 saturated heterocycles. The fourth-order valence-electron chi connectivity index (χ4n) is 1.97. The SMILES string of the molecule is CNC(c1cc(C)c(C)cc1C)C(C)O. The summed E-state index contributed by atoms with van der Waals surface area (Å²) in [5.41, 5.74) is 5.00. The van der Waals surface area contributed by atoms with Crippen molar-refractivity contribution in [3.8, 4) is 0 Å². The molecule has 0 spiro atoms. The summed E-state index contributed by atoms with van der Waals surface area (Å²) in [6.45, 7) is 8.13. The van der Waals surface area contributed by atoms with Crippen LogP contribution in [0.25, 0.3) is 0 Å². The highest BCUT2D eigenvalue weighted by Crippen LogP contribution is 2.23. The second-order valence-corrected chi connectivity index (χ2v) is 4.30. The Morgan fingerprint density at radius 1 is 1.07 bits per heavy atom. The normalized spacial score (nSPS) is 15.1. The Morgan fingerprint density at radius 3 is 2.07 bits per heavy atom. The second-order valence-electron chi connectivity index (χ2n) is 4.30. The Morgan fingerprint density at radius 2 is 1.60 bits per heavy atom. The van der Waals surface area contributed by atoms with Crippen molar-refractivity contribution >= 4 is 0 Å². The molecule has 1 rings (SSSR count). The molecular weight excluding hydrogens is 186 g/mol. The van der Waals surface area contributed by atoms with E-state index in [-0.39, 0.29) is 12.1 Å². The van der Waals surface area contributed by atoms with Crippen LogP contribution in [0.2, 0.25) is 0 Å². The first-order valence-electron chi connectivity index (χ1n) is 5.40. The molecule has 1 aromatic rings. The molecule has 0 amide bonds. The maximum Gasteiger partial charge on any atom is 0.0706 e. The predicted octanol–water partition coefficient (Wildman–Crippen LogP) is 2.25. The van der Waals surface area contributed by atoms with E-state index in [1.54, 1.807) is 0 Å². The molecule has 0 bridgehead atoms. The lowest BCUT2D eigenvalue weighted by molar-refractivity contribution is 0.149. The van der Waals surface area contributed by atoms with Gasteiger partial charge in [0.15, 0.2) is 0 Å². The minimum absolute atomic E-state index is 0.0179. The fraction of sp³-hybridized carbons (Fsp3) is 0.538. The van der Waals surface area contributed by atoms with Gasteiger partial charge in [-0.25, -0.2) is 0 Å². The van der Waals surface area contributed by atoms with E-state index in [0.717, 1.165) is 0 Å². The van der Waals surface area contributed by atoms with Crippen LogP contribution in [0.1, 0.15) is 35.2 Å². The Kier molecular flexibility index (Phi) is 3.89. The van der Waals surface area contributed by atoms with Crippen LogP contribution in [-0.2, 0) is 0 Å². The van der Waals surface area contributed by atoms with E-state index in [9.17, 15) is 5.11 Å². The van der Waals surface area contributed by atoms with Crippen molar-refractivity contribution in [2.75, 3.05) is 7.05 Å². The molecule has 0 fully saturated rings. The predicted molar refractivity (Wildman–Crippen MR) is 64.1 cm³/mol. The van der Waals surface area contributed by atoms with E-state index in [1.807, 2.05) is 14.0 Å².